The molecule has 1 aromatic heterocycles. The molecule has 1 amide bonds. The Morgan fingerprint density at radius 3 is 2.71 bits per heavy atom. The summed E-state index contributed by atoms with van der Waals surface area (Å²) in [5.41, 5.74) is -1.14. The molecule has 0 saturated carbocycles. The molecule has 21 heavy (non-hydrogen) atoms. The van der Waals surface area contributed by atoms with E-state index < -0.39 is 17.6 Å². The molecule has 0 spiro atoms. The zero-order valence-electron chi connectivity index (χ0n) is 10.9. The van der Waals surface area contributed by atoms with Crippen LogP contribution in [0.2, 0.25) is 0 Å². The van der Waals surface area contributed by atoms with Gasteiger partial charge in [-0.25, -0.2) is 4.98 Å². The SMILES string of the molecule is Cc1nc(SCC(=O)Nc2ccccc2C(F)(F)F)n[nH]1. The number of anilines is 1. The molecule has 0 saturated heterocycles. The Bertz CT molecular complexity index is 641. The highest BCUT2D eigenvalue weighted by Gasteiger charge is 2.33. The molecule has 112 valence electrons. The van der Waals surface area contributed by atoms with Crippen molar-refractivity contribution in [3.8, 4) is 0 Å². The standard InChI is InChI=1S/C12H11F3N4OS/c1-7-16-11(19-18-7)21-6-10(20)17-9-5-3-2-4-8(9)12(13,14)15/h2-5H,6H2,1H3,(H,17,20)(H,16,18,19). The largest absolute Gasteiger partial charge is 0.418 e. The third-order valence-corrected chi connectivity index (χ3v) is 3.26. The number of carbonyl (C=O) groups is 1. The van der Waals surface area contributed by atoms with Crippen molar-refractivity contribution in [3.05, 3.63) is 35.7 Å². The number of nitrogens with zero attached hydrogens (tertiary/aromatic N) is 2. The molecule has 2 rings (SSSR count). The molecule has 9 heteroatoms. The molecule has 0 aliphatic rings. The van der Waals surface area contributed by atoms with Crippen LogP contribution < -0.4 is 5.32 Å². The van der Waals surface area contributed by atoms with Gasteiger partial charge in [0.15, 0.2) is 0 Å². The van der Waals surface area contributed by atoms with Crippen LogP contribution >= 0.6 is 11.8 Å². The van der Waals surface area contributed by atoms with Gasteiger partial charge in [-0.15, -0.1) is 5.10 Å². The van der Waals surface area contributed by atoms with Gasteiger partial charge in [-0.3, -0.25) is 9.89 Å². The monoisotopic (exact) mass is 316 g/mol. The summed E-state index contributed by atoms with van der Waals surface area (Å²) in [7, 11) is 0. The average molecular weight is 316 g/mol. The molecule has 0 aliphatic carbocycles. The lowest BCUT2D eigenvalue weighted by Gasteiger charge is -2.13. The van der Waals surface area contributed by atoms with Gasteiger partial charge in [-0.1, -0.05) is 23.9 Å². The van der Waals surface area contributed by atoms with E-state index in [1.807, 2.05) is 0 Å². The van der Waals surface area contributed by atoms with Crippen molar-refractivity contribution in [3.63, 3.8) is 0 Å². The predicted molar refractivity (Wildman–Crippen MR) is 71.9 cm³/mol. The van der Waals surface area contributed by atoms with Gasteiger partial charge < -0.3 is 5.32 Å². The quantitative estimate of drug-likeness (QED) is 0.851. The van der Waals surface area contributed by atoms with Crippen LogP contribution in [-0.4, -0.2) is 26.8 Å². The summed E-state index contributed by atoms with van der Waals surface area (Å²) in [6, 6.07) is 4.82. The minimum atomic E-state index is -4.52. The van der Waals surface area contributed by atoms with Crippen LogP contribution in [0, 0.1) is 6.92 Å². The van der Waals surface area contributed by atoms with Crippen LogP contribution in [-0.2, 0) is 11.0 Å². The summed E-state index contributed by atoms with van der Waals surface area (Å²) in [4.78, 5) is 15.7. The number of para-hydroxylation sites is 1. The zero-order valence-corrected chi connectivity index (χ0v) is 11.7. The molecule has 0 aliphatic heterocycles. The van der Waals surface area contributed by atoms with Crippen LogP contribution in [0.1, 0.15) is 11.4 Å². The van der Waals surface area contributed by atoms with Gasteiger partial charge in [-0.05, 0) is 19.1 Å². The minimum Gasteiger partial charge on any atom is -0.325 e. The molecular weight excluding hydrogens is 305 g/mol. The molecule has 0 radical (unpaired) electrons. The number of aryl methyl sites for hydroxylation is 1. The summed E-state index contributed by atoms with van der Waals surface area (Å²) in [5, 5.41) is 9.04. The van der Waals surface area contributed by atoms with E-state index in [1.165, 1.54) is 18.2 Å². The second-order valence-corrected chi connectivity index (χ2v) is 5.03. The Hall–Kier alpha value is -2.03. The summed E-state index contributed by atoms with van der Waals surface area (Å²) in [6.07, 6.45) is -4.52. The number of aromatic amines is 1. The van der Waals surface area contributed by atoms with E-state index in [-0.39, 0.29) is 11.4 Å². The number of nitrogens with one attached hydrogen (secondary N) is 2. The normalized spacial score (nSPS) is 11.4. The lowest BCUT2D eigenvalue weighted by Crippen LogP contribution is -2.18. The molecule has 2 aromatic rings. The van der Waals surface area contributed by atoms with Gasteiger partial charge in [0.2, 0.25) is 11.1 Å². The second-order valence-electron chi connectivity index (χ2n) is 4.08. The zero-order chi connectivity index (χ0) is 15.5. The third kappa shape index (κ3) is 4.22. The smallest absolute Gasteiger partial charge is 0.325 e. The number of alkyl halides is 3. The van der Waals surface area contributed by atoms with Gasteiger partial charge in [0, 0.05) is 0 Å². The fourth-order valence-electron chi connectivity index (χ4n) is 1.54. The van der Waals surface area contributed by atoms with Crippen molar-refractivity contribution in [2.45, 2.75) is 18.3 Å². The van der Waals surface area contributed by atoms with Crippen molar-refractivity contribution >= 4 is 23.4 Å². The Labute approximate surface area is 122 Å². The summed E-state index contributed by atoms with van der Waals surface area (Å²) in [6.45, 7) is 1.71. The maximum Gasteiger partial charge on any atom is 0.418 e. The number of benzene rings is 1. The molecule has 1 heterocycles. The number of halogens is 3. The molecule has 1 aromatic carbocycles. The highest BCUT2D eigenvalue weighted by Crippen LogP contribution is 2.34. The van der Waals surface area contributed by atoms with E-state index in [9.17, 15) is 18.0 Å². The number of hydrogen-bond acceptors (Lipinski definition) is 4. The number of rotatable bonds is 4. The lowest BCUT2D eigenvalue weighted by atomic mass is 10.1. The number of amides is 1. The number of thioether (sulfide) groups is 1. The van der Waals surface area contributed by atoms with Crippen molar-refractivity contribution in [2.75, 3.05) is 11.1 Å². The number of H-pyrrole nitrogens is 1. The summed E-state index contributed by atoms with van der Waals surface area (Å²) >= 11 is 1.04. The van der Waals surface area contributed by atoms with Crippen LogP contribution in [0.3, 0.4) is 0 Å². The number of carbonyl (C=O) groups excluding carboxylic acids is 1. The molecule has 0 atom stereocenters. The average Bonchev–Trinajstić information content (AvgIpc) is 2.82. The van der Waals surface area contributed by atoms with Crippen LogP contribution in [0.4, 0.5) is 18.9 Å². The lowest BCUT2D eigenvalue weighted by molar-refractivity contribution is -0.137. The first-order valence-electron chi connectivity index (χ1n) is 5.84. The molecule has 0 bridgehead atoms. The Balaban J connectivity index is 2.00. The van der Waals surface area contributed by atoms with Crippen molar-refractivity contribution in [2.24, 2.45) is 0 Å². The first-order chi connectivity index (χ1) is 9.86. The Morgan fingerprint density at radius 2 is 2.10 bits per heavy atom. The van der Waals surface area contributed by atoms with E-state index in [4.69, 9.17) is 0 Å². The van der Waals surface area contributed by atoms with Crippen LogP contribution in [0.15, 0.2) is 29.4 Å². The molecular formula is C12H11F3N4OS. The van der Waals surface area contributed by atoms with Gasteiger partial charge >= 0.3 is 6.18 Å². The van der Waals surface area contributed by atoms with E-state index in [0.29, 0.717) is 11.0 Å². The van der Waals surface area contributed by atoms with Crippen molar-refractivity contribution in [1.82, 2.24) is 15.2 Å². The minimum absolute atomic E-state index is 0.0799. The fourth-order valence-corrected chi connectivity index (χ4v) is 2.19. The van der Waals surface area contributed by atoms with E-state index in [0.717, 1.165) is 17.8 Å². The number of aromatic nitrogens is 3. The molecule has 2 N–H and O–H groups in total. The van der Waals surface area contributed by atoms with E-state index in [1.54, 1.807) is 6.92 Å². The maximum absolute atomic E-state index is 12.8. The molecule has 0 unspecified atom stereocenters. The van der Waals surface area contributed by atoms with Gasteiger partial charge in [0.05, 0.1) is 17.0 Å². The highest BCUT2D eigenvalue weighted by molar-refractivity contribution is 7.99. The van der Waals surface area contributed by atoms with Crippen molar-refractivity contribution in [1.29, 1.82) is 0 Å². The topological polar surface area (TPSA) is 70.7 Å². The second kappa shape index (κ2) is 6.17. The van der Waals surface area contributed by atoms with Crippen molar-refractivity contribution < 1.29 is 18.0 Å². The fraction of sp³-hybridized carbons (Fsp3) is 0.250. The van der Waals surface area contributed by atoms with Crippen LogP contribution in [0.25, 0.3) is 0 Å². The predicted octanol–water partition coefficient (Wildman–Crippen LogP) is 2.86. The van der Waals surface area contributed by atoms with Gasteiger partial charge in [0.1, 0.15) is 5.82 Å². The van der Waals surface area contributed by atoms with Crippen LogP contribution in [0.5, 0.6) is 0 Å². The first kappa shape index (κ1) is 15.4. The third-order valence-electron chi connectivity index (χ3n) is 2.42. The highest BCUT2D eigenvalue weighted by atomic mass is 32.2. The Morgan fingerprint density at radius 1 is 1.38 bits per heavy atom. The molecule has 0 fully saturated rings. The van der Waals surface area contributed by atoms with E-state index in [2.05, 4.69) is 20.5 Å². The maximum atomic E-state index is 12.8. The van der Waals surface area contributed by atoms with Gasteiger partial charge in [0.25, 0.3) is 0 Å². The summed E-state index contributed by atoms with van der Waals surface area (Å²) in [5.74, 6) is -0.0387. The first-order valence-corrected chi connectivity index (χ1v) is 6.82. The number of hydrogen-bond donors (Lipinski definition) is 2. The molecule has 5 nitrogen and oxygen atoms in total. The summed E-state index contributed by atoms with van der Waals surface area (Å²) < 4.78 is 38.3. The van der Waals surface area contributed by atoms with Gasteiger partial charge in [-0.2, -0.15) is 13.2 Å². The van der Waals surface area contributed by atoms with E-state index >= 15 is 0 Å². The Kier molecular flexibility index (Phi) is 4.51.